The van der Waals surface area contributed by atoms with Crippen molar-refractivity contribution in [1.82, 2.24) is 14.5 Å². The van der Waals surface area contributed by atoms with Gasteiger partial charge in [0.15, 0.2) is 0 Å². The van der Waals surface area contributed by atoms with Gasteiger partial charge in [-0.15, -0.1) is 0 Å². The molecule has 1 atom stereocenters. The van der Waals surface area contributed by atoms with Crippen LogP contribution in [0, 0.1) is 12.7 Å². The largest absolute Gasteiger partial charge is 0.352 e. The molecular weight excluding hydrogens is 567 g/mol. The SMILES string of the molecule is Cc1cccc(CN(C(=O)CN(c2ccccc2F)S(=O)(=O)N(C)C)[C@@H](Cc2ccccc2)C(=O)NC2CCCCC2)c1. The first kappa shape index (κ1) is 32.2. The van der Waals surface area contributed by atoms with Gasteiger partial charge in [0.1, 0.15) is 18.4 Å². The molecule has 43 heavy (non-hydrogen) atoms. The van der Waals surface area contributed by atoms with Crippen LogP contribution in [0.1, 0.15) is 48.8 Å². The first-order chi connectivity index (χ1) is 20.6. The lowest BCUT2D eigenvalue weighted by Crippen LogP contribution is -2.55. The Hall–Kier alpha value is -3.76. The molecule has 10 heteroatoms. The zero-order valence-corrected chi connectivity index (χ0v) is 25.9. The van der Waals surface area contributed by atoms with E-state index in [1.807, 2.05) is 61.5 Å². The number of hydrogen-bond donors (Lipinski definition) is 1. The Labute approximate surface area is 254 Å². The molecule has 0 radical (unpaired) electrons. The zero-order valence-electron chi connectivity index (χ0n) is 25.1. The van der Waals surface area contributed by atoms with Crippen LogP contribution in [0.2, 0.25) is 0 Å². The molecule has 1 aliphatic carbocycles. The Morgan fingerprint density at radius 1 is 0.907 bits per heavy atom. The molecule has 4 rings (SSSR count). The van der Waals surface area contributed by atoms with Crippen LogP contribution < -0.4 is 9.62 Å². The summed E-state index contributed by atoms with van der Waals surface area (Å²) in [7, 11) is -1.62. The van der Waals surface area contributed by atoms with Gasteiger partial charge in [-0.05, 0) is 43.0 Å². The number of benzene rings is 3. The Morgan fingerprint density at radius 3 is 2.21 bits per heavy atom. The lowest BCUT2D eigenvalue weighted by atomic mass is 9.94. The summed E-state index contributed by atoms with van der Waals surface area (Å²) in [4.78, 5) is 29.8. The molecular formula is C33H41FN4O4S. The summed E-state index contributed by atoms with van der Waals surface area (Å²) in [6.45, 7) is 1.33. The van der Waals surface area contributed by atoms with E-state index in [0.717, 1.165) is 63.5 Å². The van der Waals surface area contributed by atoms with Crippen molar-refractivity contribution in [3.8, 4) is 0 Å². The maximum absolute atomic E-state index is 15.0. The molecule has 2 amide bonds. The number of hydrogen-bond acceptors (Lipinski definition) is 4. The van der Waals surface area contributed by atoms with Crippen molar-refractivity contribution in [1.29, 1.82) is 0 Å². The highest BCUT2D eigenvalue weighted by Crippen LogP contribution is 2.25. The Balaban J connectivity index is 1.76. The number of nitrogens with one attached hydrogen (secondary N) is 1. The number of carbonyl (C=O) groups excluding carboxylic acids is 2. The molecule has 0 bridgehead atoms. The van der Waals surface area contributed by atoms with E-state index in [-0.39, 0.29) is 30.6 Å². The van der Waals surface area contributed by atoms with E-state index < -0.39 is 34.5 Å². The Kier molecular flexibility index (Phi) is 10.9. The second-order valence-corrected chi connectivity index (χ2v) is 13.4. The quantitative estimate of drug-likeness (QED) is 0.319. The fourth-order valence-corrected chi connectivity index (χ4v) is 6.53. The summed E-state index contributed by atoms with van der Waals surface area (Å²) in [5.41, 5.74) is 2.40. The molecule has 0 unspecified atom stereocenters. The average molecular weight is 609 g/mol. The lowest BCUT2D eigenvalue weighted by molar-refractivity contribution is -0.140. The molecule has 3 aromatic rings. The van der Waals surface area contributed by atoms with Crippen molar-refractivity contribution in [2.75, 3.05) is 24.9 Å². The van der Waals surface area contributed by atoms with Crippen molar-refractivity contribution < 1.29 is 22.4 Å². The summed E-state index contributed by atoms with van der Waals surface area (Å²) >= 11 is 0. The molecule has 1 N–H and O–H groups in total. The van der Waals surface area contributed by atoms with E-state index in [9.17, 15) is 22.4 Å². The third-order valence-electron chi connectivity index (χ3n) is 7.80. The highest BCUT2D eigenvalue weighted by atomic mass is 32.2. The fraction of sp³-hybridized carbons (Fsp3) is 0.394. The van der Waals surface area contributed by atoms with E-state index in [1.165, 1.54) is 37.2 Å². The Bertz CT molecular complexity index is 1490. The van der Waals surface area contributed by atoms with Crippen LogP contribution in [0.4, 0.5) is 10.1 Å². The maximum Gasteiger partial charge on any atom is 0.304 e. The summed E-state index contributed by atoms with van der Waals surface area (Å²) in [5, 5.41) is 3.18. The van der Waals surface area contributed by atoms with Crippen LogP contribution in [0.5, 0.6) is 0 Å². The molecule has 0 spiro atoms. The molecule has 0 aliphatic heterocycles. The minimum Gasteiger partial charge on any atom is -0.352 e. The summed E-state index contributed by atoms with van der Waals surface area (Å²) in [6.07, 6.45) is 5.16. The van der Waals surface area contributed by atoms with E-state index in [2.05, 4.69) is 5.32 Å². The van der Waals surface area contributed by atoms with Gasteiger partial charge in [-0.2, -0.15) is 12.7 Å². The first-order valence-electron chi connectivity index (χ1n) is 14.7. The number of anilines is 1. The molecule has 3 aromatic carbocycles. The third kappa shape index (κ3) is 8.42. The number of rotatable bonds is 12. The van der Waals surface area contributed by atoms with Gasteiger partial charge in [0.2, 0.25) is 11.8 Å². The van der Waals surface area contributed by atoms with Crippen molar-refractivity contribution >= 4 is 27.7 Å². The predicted octanol–water partition coefficient (Wildman–Crippen LogP) is 4.84. The summed E-state index contributed by atoms with van der Waals surface area (Å²) < 4.78 is 43.6. The molecule has 0 aromatic heterocycles. The van der Waals surface area contributed by atoms with Crippen molar-refractivity contribution in [2.45, 2.75) is 64.1 Å². The molecule has 1 saturated carbocycles. The second kappa shape index (κ2) is 14.6. The lowest BCUT2D eigenvalue weighted by Gasteiger charge is -2.35. The fourth-order valence-electron chi connectivity index (χ4n) is 5.46. The number of nitrogens with zero attached hydrogens (tertiary/aromatic N) is 3. The monoisotopic (exact) mass is 608 g/mol. The van der Waals surface area contributed by atoms with Gasteiger partial charge in [0.05, 0.1) is 5.69 Å². The molecule has 8 nitrogen and oxygen atoms in total. The smallest absolute Gasteiger partial charge is 0.304 e. The Morgan fingerprint density at radius 2 is 1.56 bits per heavy atom. The van der Waals surface area contributed by atoms with E-state index in [4.69, 9.17) is 0 Å². The topological polar surface area (TPSA) is 90.0 Å². The van der Waals surface area contributed by atoms with Crippen LogP contribution in [-0.2, 0) is 32.8 Å². The third-order valence-corrected chi connectivity index (χ3v) is 9.60. The van der Waals surface area contributed by atoms with Crippen molar-refractivity contribution in [3.05, 3.63) is 101 Å². The van der Waals surface area contributed by atoms with Crippen LogP contribution in [0.3, 0.4) is 0 Å². The van der Waals surface area contributed by atoms with E-state index in [1.54, 1.807) is 0 Å². The van der Waals surface area contributed by atoms with Gasteiger partial charge in [-0.25, -0.2) is 8.70 Å². The summed E-state index contributed by atoms with van der Waals surface area (Å²) in [5.74, 6) is -1.68. The van der Waals surface area contributed by atoms with Gasteiger partial charge < -0.3 is 10.2 Å². The molecule has 230 valence electrons. The number of aryl methyl sites for hydroxylation is 1. The number of halogens is 1. The standard InChI is InChI=1S/C33H41FN4O4S/c1-25-13-12-16-27(21-25)23-37(32(39)24-38(43(41,42)36(2)3)30-20-11-10-19-29(30)34)31(22-26-14-6-4-7-15-26)33(40)35-28-17-8-5-9-18-28/h4,6-7,10-16,19-21,28,31H,5,8-9,17-18,22-24H2,1-3H3,(H,35,40)/t31-/m0/s1. The van der Waals surface area contributed by atoms with Crippen LogP contribution in [-0.4, -0.2) is 62.2 Å². The number of carbonyl (C=O) groups is 2. The van der Waals surface area contributed by atoms with Gasteiger partial charge in [-0.3, -0.25) is 9.59 Å². The number of para-hydroxylation sites is 1. The predicted molar refractivity (Wildman–Crippen MR) is 167 cm³/mol. The van der Waals surface area contributed by atoms with E-state index >= 15 is 0 Å². The second-order valence-electron chi connectivity index (χ2n) is 11.3. The minimum absolute atomic E-state index is 0.0134. The molecule has 1 fully saturated rings. The summed E-state index contributed by atoms with van der Waals surface area (Å²) in [6, 6.07) is 21.6. The molecule has 0 heterocycles. The van der Waals surface area contributed by atoms with Gasteiger partial charge in [-0.1, -0.05) is 91.6 Å². The van der Waals surface area contributed by atoms with Crippen LogP contribution in [0.15, 0.2) is 78.9 Å². The van der Waals surface area contributed by atoms with Crippen molar-refractivity contribution in [2.24, 2.45) is 0 Å². The first-order valence-corrected chi connectivity index (χ1v) is 16.1. The van der Waals surface area contributed by atoms with Gasteiger partial charge >= 0.3 is 10.2 Å². The average Bonchev–Trinajstić information content (AvgIpc) is 2.99. The zero-order chi connectivity index (χ0) is 31.0. The maximum atomic E-state index is 15.0. The van der Waals surface area contributed by atoms with Gasteiger partial charge in [0, 0.05) is 33.1 Å². The minimum atomic E-state index is -4.27. The highest BCUT2D eigenvalue weighted by Gasteiger charge is 2.36. The highest BCUT2D eigenvalue weighted by molar-refractivity contribution is 7.90. The van der Waals surface area contributed by atoms with E-state index in [0.29, 0.717) is 0 Å². The normalized spacial score (nSPS) is 14.7. The van der Waals surface area contributed by atoms with Crippen LogP contribution >= 0.6 is 0 Å². The molecule has 0 saturated heterocycles. The molecule has 1 aliphatic rings. The number of amides is 2. The van der Waals surface area contributed by atoms with Crippen LogP contribution in [0.25, 0.3) is 0 Å². The van der Waals surface area contributed by atoms with Gasteiger partial charge in [0.25, 0.3) is 0 Å². The van der Waals surface area contributed by atoms with Crippen molar-refractivity contribution in [3.63, 3.8) is 0 Å².